The third-order valence-corrected chi connectivity index (χ3v) is 3.42. The van der Waals surface area contributed by atoms with E-state index in [0.29, 0.717) is 5.41 Å². The molecule has 0 amide bonds. The van der Waals surface area contributed by atoms with E-state index in [2.05, 4.69) is 12.7 Å². The van der Waals surface area contributed by atoms with Gasteiger partial charge < -0.3 is 5.73 Å². The van der Waals surface area contributed by atoms with Crippen molar-refractivity contribution in [1.82, 2.24) is 0 Å². The van der Waals surface area contributed by atoms with Crippen molar-refractivity contribution in [2.75, 3.05) is 6.54 Å². The minimum atomic E-state index is 0.405. The van der Waals surface area contributed by atoms with Crippen LogP contribution in [0.4, 0.5) is 0 Å². The summed E-state index contributed by atoms with van der Waals surface area (Å²) >= 11 is 0. The van der Waals surface area contributed by atoms with Crippen LogP contribution in [-0.2, 0) is 0 Å². The van der Waals surface area contributed by atoms with E-state index in [1.165, 1.54) is 44.9 Å². The molecule has 0 spiro atoms. The van der Waals surface area contributed by atoms with Gasteiger partial charge >= 0.3 is 0 Å². The Hall–Kier alpha value is -0.300. The fraction of sp³-hybridized carbons (Fsp3) is 0.833. The van der Waals surface area contributed by atoms with E-state index < -0.39 is 0 Å². The Kier molecular flexibility index (Phi) is 4.51. The summed E-state index contributed by atoms with van der Waals surface area (Å²) in [6, 6.07) is 0. The second-order valence-corrected chi connectivity index (χ2v) is 4.46. The molecule has 0 unspecified atom stereocenters. The minimum absolute atomic E-state index is 0.405. The summed E-state index contributed by atoms with van der Waals surface area (Å²) in [6.45, 7) is 4.69. The standard InChI is InChI=1S/C12H23N/c1-2-8-12(11-13)9-6-4-3-5-7-10-12/h2H,1,3-11,13H2. The molecule has 0 bridgehead atoms. The SMILES string of the molecule is C=CCC1(CN)CCCCCCC1. The van der Waals surface area contributed by atoms with Gasteiger partial charge in [-0.3, -0.25) is 0 Å². The molecular weight excluding hydrogens is 158 g/mol. The first-order valence-electron chi connectivity index (χ1n) is 5.64. The molecule has 1 aliphatic carbocycles. The first-order valence-corrected chi connectivity index (χ1v) is 5.64. The summed E-state index contributed by atoms with van der Waals surface area (Å²) in [5.41, 5.74) is 6.30. The quantitative estimate of drug-likeness (QED) is 0.664. The van der Waals surface area contributed by atoms with Crippen LogP contribution >= 0.6 is 0 Å². The molecule has 1 saturated carbocycles. The zero-order chi connectivity index (χ0) is 9.57. The van der Waals surface area contributed by atoms with E-state index in [0.717, 1.165) is 13.0 Å². The fourth-order valence-corrected chi connectivity index (χ4v) is 2.45. The normalized spacial score (nSPS) is 23.2. The average molecular weight is 181 g/mol. The van der Waals surface area contributed by atoms with Gasteiger partial charge in [0, 0.05) is 0 Å². The molecule has 0 radical (unpaired) electrons. The van der Waals surface area contributed by atoms with Gasteiger partial charge in [0.1, 0.15) is 0 Å². The van der Waals surface area contributed by atoms with Gasteiger partial charge in [-0.15, -0.1) is 6.58 Å². The fourth-order valence-electron chi connectivity index (χ4n) is 2.45. The maximum atomic E-state index is 5.90. The van der Waals surface area contributed by atoms with Gasteiger partial charge in [-0.05, 0) is 31.2 Å². The van der Waals surface area contributed by atoms with E-state index >= 15 is 0 Å². The Bertz CT molecular complexity index is 143. The van der Waals surface area contributed by atoms with Crippen molar-refractivity contribution in [1.29, 1.82) is 0 Å². The molecule has 0 aromatic heterocycles. The predicted octanol–water partition coefficient (Wildman–Crippen LogP) is 3.25. The molecule has 1 heteroatoms. The highest BCUT2D eigenvalue weighted by atomic mass is 14.6. The third kappa shape index (κ3) is 3.15. The zero-order valence-corrected chi connectivity index (χ0v) is 8.73. The van der Waals surface area contributed by atoms with Crippen LogP contribution in [0.15, 0.2) is 12.7 Å². The van der Waals surface area contributed by atoms with Crippen molar-refractivity contribution in [2.24, 2.45) is 11.1 Å². The Morgan fingerprint density at radius 2 is 1.62 bits per heavy atom. The molecule has 0 heterocycles. The van der Waals surface area contributed by atoms with Crippen LogP contribution < -0.4 is 5.73 Å². The molecule has 0 aromatic carbocycles. The Morgan fingerprint density at radius 3 is 2.08 bits per heavy atom. The van der Waals surface area contributed by atoms with Gasteiger partial charge in [0.2, 0.25) is 0 Å². The van der Waals surface area contributed by atoms with Gasteiger partial charge in [0.05, 0.1) is 0 Å². The minimum Gasteiger partial charge on any atom is -0.330 e. The molecule has 0 saturated heterocycles. The van der Waals surface area contributed by atoms with E-state index in [1.807, 2.05) is 0 Å². The lowest BCUT2D eigenvalue weighted by molar-refractivity contribution is 0.221. The largest absolute Gasteiger partial charge is 0.330 e. The lowest BCUT2D eigenvalue weighted by Crippen LogP contribution is -2.30. The molecule has 0 atom stereocenters. The van der Waals surface area contributed by atoms with E-state index in [-0.39, 0.29) is 0 Å². The third-order valence-electron chi connectivity index (χ3n) is 3.42. The van der Waals surface area contributed by atoms with Crippen molar-refractivity contribution in [3.05, 3.63) is 12.7 Å². The summed E-state index contributed by atoms with van der Waals surface area (Å²) < 4.78 is 0. The van der Waals surface area contributed by atoms with Crippen molar-refractivity contribution in [3.8, 4) is 0 Å². The smallest absolute Gasteiger partial charge is 0.00176 e. The number of hydrogen-bond acceptors (Lipinski definition) is 1. The van der Waals surface area contributed by atoms with Crippen LogP contribution in [0, 0.1) is 5.41 Å². The first kappa shape index (κ1) is 10.8. The summed E-state index contributed by atoms with van der Waals surface area (Å²) in [7, 11) is 0. The number of nitrogens with two attached hydrogens (primary N) is 1. The van der Waals surface area contributed by atoms with Crippen molar-refractivity contribution >= 4 is 0 Å². The van der Waals surface area contributed by atoms with Crippen molar-refractivity contribution in [3.63, 3.8) is 0 Å². The van der Waals surface area contributed by atoms with Crippen LogP contribution in [0.2, 0.25) is 0 Å². The topological polar surface area (TPSA) is 26.0 Å². The number of allylic oxidation sites excluding steroid dienone is 1. The molecule has 0 aliphatic heterocycles. The molecular formula is C12H23N. The predicted molar refractivity (Wildman–Crippen MR) is 58.6 cm³/mol. The zero-order valence-electron chi connectivity index (χ0n) is 8.73. The second kappa shape index (κ2) is 5.43. The molecule has 1 aliphatic rings. The second-order valence-electron chi connectivity index (χ2n) is 4.46. The Labute approximate surface area is 82.4 Å². The van der Waals surface area contributed by atoms with Gasteiger partial charge in [0.15, 0.2) is 0 Å². The summed E-state index contributed by atoms with van der Waals surface area (Å²) in [5.74, 6) is 0. The van der Waals surface area contributed by atoms with Gasteiger partial charge in [-0.1, -0.05) is 38.2 Å². The van der Waals surface area contributed by atoms with Crippen LogP contribution in [-0.4, -0.2) is 6.54 Å². The molecule has 76 valence electrons. The number of hydrogen-bond donors (Lipinski definition) is 1. The molecule has 13 heavy (non-hydrogen) atoms. The lowest BCUT2D eigenvalue weighted by atomic mass is 9.74. The van der Waals surface area contributed by atoms with Crippen LogP contribution in [0.1, 0.15) is 51.4 Å². The van der Waals surface area contributed by atoms with E-state index in [1.54, 1.807) is 0 Å². The van der Waals surface area contributed by atoms with Gasteiger partial charge in [-0.25, -0.2) is 0 Å². The van der Waals surface area contributed by atoms with Crippen LogP contribution in [0.25, 0.3) is 0 Å². The highest BCUT2D eigenvalue weighted by Gasteiger charge is 2.26. The molecule has 0 aromatic rings. The van der Waals surface area contributed by atoms with Crippen LogP contribution in [0.3, 0.4) is 0 Å². The van der Waals surface area contributed by atoms with E-state index in [4.69, 9.17) is 5.73 Å². The van der Waals surface area contributed by atoms with Crippen molar-refractivity contribution in [2.45, 2.75) is 51.4 Å². The highest BCUT2D eigenvalue weighted by molar-refractivity contribution is 4.88. The maximum Gasteiger partial charge on any atom is -0.00176 e. The Balaban J connectivity index is 2.52. The van der Waals surface area contributed by atoms with E-state index in [9.17, 15) is 0 Å². The summed E-state index contributed by atoms with van der Waals surface area (Å²) in [4.78, 5) is 0. The summed E-state index contributed by atoms with van der Waals surface area (Å²) in [6.07, 6.45) is 12.8. The van der Waals surface area contributed by atoms with Crippen molar-refractivity contribution < 1.29 is 0 Å². The Morgan fingerprint density at radius 1 is 1.08 bits per heavy atom. The van der Waals surface area contributed by atoms with Crippen LogP contribution in [0.5, 0.6) is 0 Å². The first-order chi connectivity index (χ1) is 6.33. The number of rotatable bonds is 3. The molecule has 1 nitrogen and oxygen atoms in total. The highest BCUT2D eigenvalue weighted by Crippen LogP contribution is 2.36. The average Bonchev–Trinajstić information content (AvgIpc) is 2.10. The molecule has 2 N–H and O–H groups in total. The van der Waals surface area contributed by atoms with Gasteiger partial charge in [0.25, 0.3) is 0 Å². The monoisotopic (exact) mass is 181 g/mol. The maximum absolute atomic E-state index is 5.90. The van der Waals surface area contributed by atoms with Gasteiger partial charge in [-0.2, -0.15) is 0 Å². The summed E-state index contributed by atoms with van der Waals surface area (Å²) in [5, 5.41) is 0. The molecule has 1 rings (SSSR count). The lowest BCUT2D eigenvalue weighted by Gasteiger charge is -2.33. The molecule has 1 fully saturated rings.